The maximum atomic E-state index is 12.5. The van der Waals surface area contributed by atoms with Crippen LogP contribution in [-0.2, 0) is 4.79 Å². The Kier molecular flexibility index (Phi) is 5.30. The Morgan fingerprint density at radius 3 is 2.27 bits per heavy atom. The Hall–Kier alpha value is -1.74. The highest BCUT2D eigenvalue weighted by atomic mass is 32.2. The molecule has 1 amide bonds. The number of amides is 1. The topological polar surface area (TPSA) is 29.1 Å². The summed E-state index contributed by atoms with van der Waals surface area (Å²) in [6, 6.07) is 12.4. The molecule has 2 aromatic carbocycles. The van der Waals surface area contributed by atoms with E-state index in [4.69, 9.17) is 0 Å². The van der Waals surface area contributed by atoms with E-state index in [0.29, 0.717) is 0 Å². The van der Waals surface area contributed by atoms with Gasteiger partial charge in [0.05, 0.1) is 5.25 Å². The van der Waals surface area contributed by atoms with Crippen molar-refractivity contribution in [3.8, 4) is 0 Å². The third kappa shape index (κ3) is 3.92. The maximum Gasteiger partial charge on any atom is 0.237 e. The lowest BCUT2D eigenvalue weighted by Gasteiger charge is -2.16. The molecule has 0 bridgehead atoms. The minimum Gasteiger partial charge on any atom is -0.325 e. The fourth-order valence-electron chi connectivity index (χ4n) is 2.31. The number of nitrogens with one attached hydrogen (secondary N) is 1. The van der Waals surface area contributed by atoms with E-state index in [1.807, 2.05) is 39.0 Å². The Bertz CT molecular complexity index is 674. The number of thioether (sulfide) groups is 1. The average Bonchev–Trinajstić information content (AvgIpc) is 2.46. The van der Waals surface area contributed by atoms with Crippen molar-refractivity contribution in [3.63, 3.8) is 0 Å². The Balaban J connectivity index is 2.11. The predicted molar refractivity (Wildman–Crippen MR) is 95.8 cm³/mol. The normalized spacial score (nSPS) is 12.0. The molecule has 116 valence electrons. The molecule has 0 saturated heterocycles. The van der Waals surface area contributed by atoms with E-state index in [0.717, 1.165) is 16.8 Å². The highest BCUT2D eigenvalue weighted by molar-refractivity contribution is 8.00. The molecule has 0 aliphatic rings. The SMILES string of the molecule is Cc1ccc(C)c(SC(C)C(=O)Nc2c(C)cccc2C)c1. The standard InChI is InChI=1S/C19H23NOS/c1-12-9-10-13(2)17(11-12)22-16(5)19(21)20-18-14(3)7-6-8-15(18)4/h6-11,16H,1-5H3,(H,20,21). The molecular formula is C19H23NOS. The van der Waals surface area contributed by atoms with Gasteiger partial charge in [0.25, 0.3) is 0 Å². The zero-order chi connectivity index (χ0) is 16.3. The van der Waals surface area contributed by atoms with E-state index in [2.05, 4.69) is 37.4 Å². The summed E-state index contributed by atoms with van der Waals surface area (Å²) in [5, 5.41) is 2.93. The van der Waals surface area contributed by atoms with E-state index >= 15 is 0 Å². The van der Waals surface area contributed by atoms with Crippen LogP contribution in [0.4, 0.5) is 5.69 Å². The number of para-hydroxylation sites is 1. The molecule has 1 unspecified atom stereocenters. The maximum absolute atomic E-state index is 12.5. The Labute approximate surface area is 137 Å². The van der Waals surface area contributed by atoms with E-state index in [9.17, 15) is 4.79 Å². The van der Waals surface area contributed by atoms with Gasteiger partial charge >= 0.3 is 0 Å². The summed E-state index contributed by atoms with van der Waals surface area (Å²) in [5.74, 6) is 0.0447. The highest BCUT2D eigenvalue weighted by Crippen LogP contribution is 2.29. The smallest absolute Gasteiger partial charge is 0.237 e. The molecule has 2 aromatic rings. The molecule has 1 atom stereocenters. The van der Waals surface area contributed by atoms with Crippen LogP contribution in [0.5, 0.6) is 0 Å². The van der Waals surface area contributed by atoms with Crippen LogP contribution in [0.15, 0.2) is 41.3 Å². The van der Waals surface area contributed by atoms with Crippen LogP contribution in [0.25, 0.3) is 0 Å². The number of hydrogen-bond donors (Lipinski definition) is 1. The summed E-state index contributed by atoms with van der Waals surface area (Å²) in [6.45, 7) is 10.1. The molecule has 1 N–H and O–H groups in total. The van der Waals surface area contributed by atoms with Crippen molar-refractivity contribution in [2.45, 2.75) is 44.8 Å². The van der Waals surface area contributed by atoms with Crippen molar-refractivity contribution < 1.29 is 4.79 Å². The summed E-state index contributed by atoms with van der Waals surface area (Å²) >= 11 is 1.61. The van der Waals surface area contributed by atoms with E-state index in [1.165, 1.54) is 16.0 Å². The van der Waals surface area contributed by atoms with Gasteiger partial charge in [-0.1, -0.05) is 35.9 Å². The molecule has 0 aliphatic carbocycles. The number of hydrogen-bond acceptors (Lipinski definition) is 2. The molecule has 0 aliphatic heterocycles. The third-order valence-electron chi connectivity index (χ3n) is 3.75. The van der Waals surface area contributed by atoms with Gasteiger partial charge in [0.1, 0.15) is 0 Å². The molecular weight excluding hydrogens is 290 g/mol. The van der Waals surface area contributed by atoms with Crippen LogP contribution in [0.2, 0.25) is 0 Å². The number of carbonyl (C=O) groups is 1. The molecule has 0 saturated carbocycles. The molecule has 0 heterocycles. The number of anilines is 1. The lowest BCUT2D eigenvalue weighted by molar-refractivity contribution is -0.115. The first-order chi connectivity index (χ1) is 10.4. The van der Waals surface area contributed by atoms with Crippen LogP contribution >= 0.6 is 11.8 Å². The second-order valence-corrected chi connectivity index (χ2v) is 7.17. The third-order valence-corrected chi connectivity index (χ3v) is 5.01. The minimum atomic E-state index is -0.139. The number of carbonyl (C=O) groups excluding carboxylic acids is 1. The molecule has 22 heavy (non-hydrogen) atoms. The second kappa shape index (κ2) is 7.01. The molecule has 0 spiro atoms. The summed E-state index contributed by atoms with van der Waals surface area (Å²) in [6.07, 6.45) is 0. The number of benzene rings is 2. The van der Waals surface area contributed by atoms with Gasteiger partial charge in [0.15, 0.2) is 0 Å². The van der Waals surface area contributed by atoms with Crippen molar-refractivity contribution >= 4 is 23.4 Å². The molecule has 2 nitrogen and oxygen atoms in total. The van der Waals surface area contributed by atoms with Crippen molar-refractivity contribution in [3.05, 3.63) is 58.7 Å². The number of aryl methyl sites for hydroxylation is 4. The fraction of sp³-hybridized carbons (Fsp3) is 0.316. The predicted octanol–water partition coefficient (Wildman–Crippen LogP) is 5.04. The first kappa shape index (κ1) is 16.6. The van der Waals surface area contributed by atoms with Gasteiger partial charge in [0.2, 0.25) is 5.91 Å². The van der Waals surface area contributed by atoms with Crippen LogP contribution in [0.3, 0.4) is 0 Å². The Morgan fingerprint density at radius 2 is 1.64 bits per heavy atom. The van der Waals surface area contributed by atoms with Crippen molar-refractivity contribution in [1.82, 2.24) is 0 Å². The lowest BCUT2D eigenvalue weighted by atomic mass is 10.1. The van der Waals surface area contributed by atoms with Gasteiger partial charge in [-0.2, -0.15) is 0 Å². The summed E-state index contributed by atoms with van der Waals surface area (Å²) in [4.78, 5) is 13.7. The molecule has 0 radical (unpaired) electrons. The lowest BCUT2D eigenvalue weighted by Crippen LogP contribution is -2.23. The van der Waals surface area contributed by atoms with Crippen molar-refractivity contribution in [2.24, 2.45) is 0 Å². The largest absolute Gasteiger partial charge is 0.325 e. The quantitative estimate of drug-likeness (QED) is 0.801. The van der Waals surface area contributed by atoms with Crippen LogP contribution in [0, 0.1) is 27.7 Å². The summed E-state index contributed by atoms with van der Waals surface area (Å²) < 4.78 is 0. The zero-order valence-electron chi connectivity index (χ0n) is 13.9. The van der Waals surface area contributed by atoms with Crippen LogP contribution in [0.1, 0.15) is 29.2 Å². The first-order valence-electron chi connectivity index (χ1n) is 7.49. The monoisotopic (exact) mass is 313 g/mol. The molecule has 3 heteroatoms. The van der Waals surface area contributed by atoms with E-state index < -0.39 is 0 Å². The Morgan fingerprint density at radius 1 is 1.00 bits per heavy atom. The minimum absolute atomic E-state index is 0.0447. The van der Waals surface area contributed by atoms with Gasteiger partial charge < -0.3 is 5.32 Å². The van der Waals surface area contributed by atoms with Gasteiger partial charge in [-0.15, -0.1) is 11.8 Å². The fourth-order valence-corrected chi connectivity index (χ4v) is 3.37. The molecule has 0 fully saturated rings. The highest BCUT2D eigenvalue weighted by Gasteiger charge is 2.17. The summed E-state index contributed by atoms with van der Waals surface area (Å²) in [7, 11) is 0. The zero-order valence-corrected chi connectivity index (χ0v) is 14.7. The molecule has 2 rings (SSSR count). The first-order valence-corrected chi connectivity index (χ1v) is 8.37. The summed E-state index contributed by atoms with van der Waals surface area (Å²) in [5.41, 5.74) is 5.55. The number of rotatable bonds is 4. The van der Waals surface area contributed by atoms with Crippen molar-refractivity contribution in [2.75, 3.05) is 5.32 Å². The average molecular weight is 313 g/mol. The van der Waals surface area contributed by atoms with Crippen LogP contribution in [-0.4, -0.2) is 11.2 Å². The van der Waals surface area contributed by atoms with Gasteiger partial charge in [-0.3, -0.25) is 4.79 Å². The van der Waals surface area contributed by atoms with Crippen molar-refractivity contribution in [1.29, 1.82) is 0 Å². The van der Waals surface area contributed by atoms with E-state index in [1.54, 1.807) is 11.8 Å². The van der Waals surface area contributed by atoms with Gasteiger partial charge in [-0.25, -0.2) is 0 Å². The van der Waals surface area contributed by atoms with Gasteiger partial charge in [0, 0.05) is 10.6 Å². The van der Waals surface area contributed by atoms with E-state index in [-0.39, 0.29) is 11.2 Å². The second-order valence-electron chi connectivity index (χ2n) is 5.79. The molecule has 0 aromatic heterocycles. The van der Waals surface area contributed by atoms with Gasteiger partial charge in [-0.05, 0) is 57.4 Å². The van der Waals surface area contributed by atoms with Crippen LogP contribution < -0.4 is 5.32 Å².